The van der Waals surface area contributed by atoms with E-state index in [4.69, 9.17) is 0 Å². The third kappa shape index (κ3) is 6.32. The van der Waals surface area contributed by atoms with Gasteiger partial charge in [0.25, 0.3) is 0 Å². The molecule has 6 heteroatoms. The Labute approximate surface area is 201 Å². The first-order chi connectivity index (χ1) is 16.7. The predicted molar refractivity (Wildman–Crippen MR) is 137 cm³/mol. The van der Waals surface area contributed by atoms with Gasteiger partial charge in [0.05, 0.1) is 11.4 Å². The zero-order valence-corrected chi connectivity index (χ0v) is 19.6. The highest BCUT2D eigenvalue weighted by atomic mass is 16.3. The molecule has 3 heterocycles. The highest BCUT2D eigenvalue weighted by molar-refractivity contribution is 5.72. The molecule has 0 unspecified atom stereocenters. The zero-order valence-electron chi connectivity index (χ0n) is 19.6. The van der Waals surface area contributed by atoms with Gasteiger partial charge in [0, 0.05) is 81.6 Å². The van der Waals surface area contributed by atoms with Crippen LogP contribution in [0.3, 0.4) is 0 Å². The van der Waals surface area contributed by atoms with Crippen LogP contribution in [0.1, 0.15) is 17.1 Å². The van der Waals surface area contributed by atoms with Crippen molar-refractivity contribution in [2.45, 2.75) is 19.3 Å². The van der Waals surface area contributed by atoms with Crippen LogP contribution in [0.25, 0.3) is 0 Å². The van der Waals surface area contributed by atoms with Crippen molar-refractivity contribution in [2.24, 2.45) is 0 Å². The molecule has 6 nitrogen and oxygen atoms in total. The summed E-state index contributed by atoms with van der Waals surface area (Å²) in [6.07, 6.45) is 7.85. The van der Waals surface area contributed by atoms with Gasteiger partial charge in [0.1, 0.15) is 0 Å². The molecule has 0 bridgehead atoms. The third-order valence-corrected chi connectivity index (χ3v) is 5.90. The number of aromatic nitrogens is 3. The number of aromatic hydroxyl groups is 1. The number of anilines is 2. The molecule has 1 aromatic carbocycles. The molecule has 0 aliphatic carbocycles. The molecule has 0 fully saturated rings. The van der Waals surface area contributed by atoms with E-state index >= 15 is 0 Å². The SMILES string of the molecule is CN(CCc1ccccn1)c1cccc(N(CCc2ccccn2)CCc2ccccn2)c1O. The van der Waals surface area contributed by atoms with Crippen molar-refractivity contribution in [1.82, 2.24) is 15.0 Å². The Hall–Kier alpha value is -3.93. The second-order valence-corrected chi connectivity index (χ2v) is 8.27. The normalized spacial score (nSPS) is 10.7. The maximum Gasteiger partial charge on any atom is 0.162 e. The van der Waals surface area contributed by atoms with Gasteiger partial charge >= 0.3 is 0 Å². The number of nitrogens with zero attached hydrogens (tertiary/aromatic N) is 5. The molecule has 0 amide bonds. The Bertz CT molecular complexity index is 1100. The second kappa shape index (κ2) is 11.8. The largest absolute Gasteiger partial charge is 0.504 e. The lowest BCUT2D eigenvalue weighted by atomic mass is 10.1. The van der Waals surface area contributed by atoms with E-state index in [0.717, 1.165) is 67.4 Å². The summed E-state index contributed by atoms with van der Waals surface area (Å²) >= 11 is 0. The fourth-order valence-electron chi connectivity index (χ4n) is 3.98. The number of hydrogen-bond donors (Lipinski definition) is 1. The van der Waals surface area contributed by atoms with Crippen molar-refractivity contribution >= 4 is 11.4 Å². The number of rotatable bonds is 11. The fourth-order valence-corrected chi connectivity index (χ4v) is 3.98. The number of hydrogen-bond acceptors (Lipinski definition) is 6. The molecule has 0 aliphatic rings. The third-order valence-electron chi connectivity index (χ3n) is 5.90. The summed E-state index contributed by atoms with van der Waals surface area (Å²) in [6, 6.07) is 23.9. The van der Waals surface area contributed by atoms with Crippen LogP contribution in [0.2, 0.25) is 0 Å². The van der Waals surface area contributed by atoms with Crippen molar-refractivity contribution in [3.05, 3.63) is 108 Å². The molecule has 174 valence electrons. The van der Waals surface area contributed by atoms with E-state index in [9.17, 15) is 5.11 Å². The van der Waals surface area contributed by atoms with Gasteiger partial charge < -0.3 is 14.9 Å². The van der Waals surface area contributed by atoms with E-state index < -0.39 is 0 Å². The first kappa shape index (κ1) is 23.2. The lowest BCUT2D eigenvalue weighted by Gasteiger charge is -2.28. The average molecular weight is 454 g/mol. The number of para-hydroxylation sites is 1. The van der Waals surface area contributed by atoms with Gasteiger partial charge in [-0.2, -0.15) is 0 Å². The highest BCUT2D eigenvalue weighted by Crippen LogP contribution is 2.36. The van der Waals surface area contributed by atoms with Crippen molar-refractivity contribution in [2.75, 3.05) is 36.5 Å². The van der Waals surface area contributed by atoms with E-state index in [1.807, 2.05) is 98.4 Å². The van der Waals surface area contributed by atoms with Gasteiger partial charge in [0.2, 0.25) is 0 Å². The smallest absolute Gasteiger partial charge is 0.162 e. The number of phenols is 1. The molecule has 0 saturated heterocycles. The summed E-state index contributed by atoms with van der Waals surface area (Å²) in [6.45, 7) is 2.26. The van der Waals surface area contributed by atoms with Gasteiger partial charge in [0.15, 0.2) is 5.75 Å². The van der Waals surface area contributed by atoms with Crippen LogP contribution >= 0.6 is 0 Å². The van der Waals surface area contributed by atoms with E-state index in [1.165, 1.54) is 0 Å². The van der Waals surface area contributed by atoms with Crippen molar-refractivity contribution < 1.29 is 5.11 Å². The molecule has 0 radical (unpaired) electrons. The van der Waals surface area contributed by atoms with Crippen LogP contribution in [0, 0.1) is 0 Å². The molecule has 4 aromatic rings. The zero-order chi connectivity index (χ0) is 23.6. The number of benzene rings is 1. The summed E-state index contributed by atoms with van der Waals surface area (Å²) in [5.41, 5.74) is 4.75. The van der Waals surface area contributed by atoms with Crippen LogP contribution in [-0.2, 0) is 19.3 Å². The van der Waals surface area contributed by atoms with Gasteiger partial charge in [-0.25, -0.2) is 0 Å². The topological polar surface area (TPSA) is 65.4 Å². The summed E-state index contributed by atoms with van der Waals surface area (Å²) in [7, 11) is 2.01. The van der Waals surface area contributed by atoms with E-state index in [0.29, 0.717) is 5.75 Å². The molecule has 0 saturated carbocycles. The first-order valence-corrected chi connectivity index (χ1v) is 11.7. The lowest BCUT2D eigenvalue weighted by Crippen LogP contribution is -2.29. The molecule has 4 rings (SSSR count). The minimum absolute atomic E-state index is 0.299. The minimum Gasteiger partial charge on any atom is -0.504 e. The van der Waals surface area contributed by atoms with Crippen LogP contribution in [0.4, 0.5) is 11.4 Å². The van der Waals surface area contributed by atoms with Crippen LogP contribution in [0.5, 0.6) is 5.75 Å². The van der Waals surface area contributed by atoms with Crippen molar-refractivity contribution in [3.63, 3.8) is 0 Å². The van der Waals surface area contributed by atoms with E-state index in [1.54, 1.807) is 0 Å². The second-order valence-electron chi connectivity index (χ2n) is 8.27. The molecule has 0 aliphatic heterocycles. The Morgan fingerprint density at radius 2 is 1.06 bits per heavy atom. The van der Waals surface area contributed by atoms with Gasteiger partial charge in [-0.3, -0.25) is 15.0 Å². The van der Waals surface area contributed by atoms with Gasteiger partial charge in [-0.05, 0) is 48.5 Å². The molecular weight excluding hydrogens is 422 g/mol. The molecule has 3 aromatic heterocycles. The van der Waals surface area contributed by atoms with Crippen LogP contribution < -0.4 is 9.80 Å². The molecule has 1 N–H and O–H groups in total. The first-order valence-electron chi connectivity index (χ1n) is 11.7. The molecule has 0 spiro atoms. The van der Waals surface area contributed by atoms with Gasteiger partial charge in [-0.1, -0.05) is 24.3 Å². The van der Waals surface area contributed by atoms with Gasteiger partial charge in [-0.15, -0.1) is 0 Å². The summed E-state index contributed by atoms with van der Waals surface area (Å²) in [4.78, 5) is 17.7. The summed E-state index contributed by atoms with van der Waals surface area (Å²) < 4.78 is 0. The number of phenolic OH excluding ortho intramolecular Hbond substituents is 1. The number of likely N-dealkylation sites (N-methyl/N-ethyl adjacent to an activating group) is 1. The molecule has 34 heavy (non-hydrogen) atoms. The summed E-state index contributed by atoms with van der Waals surface area (Å²) in [5, 5.41) is 11.3. The molecule has 0 atom stereocenters. The number of pyridine rings is 3. The Morgan fingerprint density at radius 1 is 0.588 bits per heavy atom. The monoisotopic (exact) mass is 453 g/mol. The maximum absolute atomic E-state index is 11.3. The Morgan fingerprint density at radius 3 is 1.53 bits per heavy atom. The minimum atomic E-state index is 0.299. The Kier molecular flexibility index (Phi) is 8.06. The van der Waals surface area contributed by atoms with E-state index in [-0.39, 0.29) is 0 Å². The highest BCUT2D eigenvalue weighted by Gasteiger charge is 2.17. The summed E-state index contributed by atoms with van der Waals surface area (Å²) in [5.74, 6) is 0.299. The lowest BCUT2D eigenvalue weighted by molar-refractivity contribution is 0.473. The quantitative estimate of drug-likeness (QED) is 0.359. The van der Waals surface area contributed by atoms with Crippen LogP contribution in [-0.4, -0.2) is 46.7 Å². The van der Waals surface area contributed by atoms with Crippen molar-refractivity contribution in [1.29, 1.82) is 0 Å². The average Bonchev–Trinajstić information content (AvgIpc) is 2.89. The molecular formula is C28H31N5O. The van der Waals surface area contributed by atoms with Crippen LogP contribution in [0.15, 0.2) is 91.4 Å². The Balaban J connectivity index is 1.51. The van der Waals surface area contributed by atoms with Crippen molar-refractivity contribution in [3.8, 4) is 5.75 Å². The predicted octanol–water partition coefficient (Wildman–Crippen LogP) is 4.55. The maximum atomic E-state index is 11.3. The standard InChI is InChI=1S/C28H31N5O/c1-32(20-14-23-9-2-5-17-29-23)26-12-8-13-27(28(26)34)33(21-15-24-10-3-6-18-30-24)22-16-25-11-4-7-19-31-25/h2-13,17-19,34H,14-16,20-22H2,1H3. The fraction of sp³-hybridized carbons (Fsp3) is 0.250. The van der Waals surface area contributed by atoms with E-state index in [2.05, 4.69) is 24.8 Å².